The highest BCUT2D eigenvalue weighted by Gasteiger charge is 2.43. The number of carboxylic acids is 1. The minimum Gasteiger partial charge on any atom is -0.545 e. The van der Waals surface area contributed by atoms with Crippen LogP contribution in [0.3, 0.4) is 0 Å². The number of amides is 4. The Hall–Kier alpha value is -3.94. The molecule has 0 bridgehead atoms. The largest absolute Gasteiger partial charge is 0.545 e. The van der Waals surface area contributed by atoms with Crippen molar-refractivity contribution >= 4 is 35.2 Å². The molecule has 2 N–H and O–H groups in total. The summed E-state index contributed by atoms with van der Waals surface area (Å²) in [5, 5.41) is 15.8. The van der Waals surface area contributed by atoms with Crippen molar-refractivity contribution in [1.82, 2.24) is 5.32 Å². The van der Waals surface area contributed by atoms with Crippen molar-refractivity contribution in [2.45, 2.75) is 6.92 Å². The molecule has 1 atom stereocenters. The molecule has 0 radical (unpaired) electrons. The molecular weight excluding hydrogens is 362 g/mol. The van der Waals surface area contributed by atoms with Crippen LogP contribution in [0.4, 0.5) is 16.2 Å². The number of barbiturate groups is 1. The van der Waals surface area contributed by atoms with Gasteiger partial charge in [0.15, 0.2) is 5.92 Å². The molecule has 1 heterocycles. The summed E-state index contributed by atoms with van der Waals surface area (Å²) >= 11 is 0. The minimum absolute atomic E-state index is 0.0148. The van der Waals surface area contributed by atoms with Crippen LogP contribution in [0.1, 0.15) is 15.9 Å². The predicted octanol–water partition coefficient (Wildman–Crippen LogP) is 1.18. The number of hydrogen-bond acceptors (Lipinski definition) is 6. The second-order valence-corrected chi connectivity index (χ2v) is 6.20. The molecule has 3 rings (SSSR count). The molecule has 0 unspecified atom stereocenters. The number of nitrogens with one attached hydrogen (secondary N) is 2. The topological polar surface area (TPSA) is 119 Å². The first kappa shape index (κ1) is 18.8. The average Bonchev–Trinajstić information content (AvgIpc) is 2.63. The van der Waals surface area contributed by atoms with Gasteiger partial charge in [-0.05, 0) is 36.2 Å². The SMILES string of the molecule is C=C(Nc1ccc(C(=O)[O-])cc1)[C@@H]1C(=O)NC(=O)N(c2ccccc2C)C1=O. The van der Waals surface area contributed by atoms with Crippen molar-refractivity contribution in [2.24, 2.45) is 5.92 Å². The Balaban J connectivity index is 1.85. The van der Waals surface area contributed by atoms with E-state index >= 15 is 0 Å². The molecule has 0 aromatic heterocycles. The lowest BCUT2D eigenvalue weighted by Crippen LogP contribution is -2.59. The van der Waals surface area contributed by atoms with Gasteiger partial charge in [-0.3, -0.25) is 14.9 Å². The van der Waals surface area contributed by atoms with Crippen LogP contribution in [-0.4, -0.2) is 23.8 Å². The Kier molecular flexibility index (Phi) is 4.95. The second-order valence-electron chi connectivity index (χ2n) is 6.20. The molecule has 142 valence electrons. The molecule has 1 aliphatic rings. The fourth-order valence-corrected chi connectivity index (χ4v) is 2.87. The molecule has 0 saturated carbocycles. The van der Waals surface area contributed by atoms with Crippen molar-refractivity contribution in [1.29, 1.82) is 0 Å². The van der Waals surface area contributed by atoms with Crippen LogP contribution in [-0.2, 0) is 9.59 Å². The highest BCUT2D eigenvalue weighted by atomic mass is 16.4. The maximum Gasteiger partial charge on any atom is 0.335 e. The van der Waals surface area contributed by atoms with E-state index in [4.69, 9.17) is 0 Å². The molecule has 1 fully saturated rings. The third-order valence-electron chi connectivity index (χ3n) is 4.29. The summed E-state index contributed by atoms with van der Waals surface area (Å²) in [6.45, 7) is 5.49. The van der Waals surface area contributed by atoms with E-state index in [1.54, 1.807) is 31.2 Å². The summed E-state index contributed by atoms with van der Waals surface area (Å²) in [5.41, 5.74) is 1.52. The summed E-state index contributed by atoms with van der Waals surface area (Å²) in [4.78, 5) is 49.2. The maximum absolute atomic E-state index is 12.9. The summed E-state index contributed by atoms with van der Waals surface area (Å²) in [5.74, 6) is -4.17. The van der Waals surface area contributed by atoms with Crippen molar-refractivity contribution in [3.63, 3.8) is 0 Å². The van der Waals surface area contributed by atoms with Crippen LogP contribution >= 0.6 is 0 Å². The van der Waals surface area contributed by atoms with Gasteiger partial charge >= 0.3 is 6.03 Å². The van der Waals surface area contributed by atoms with Crippen molar-refractivity contribution in [3.05, 3.63) is 71.9 Å². The minimum atomic E-state index is -1.34. The number of aromatic carboxylic acids is 1. The number of nitrogens with zero attached hydrogens (tertiary/aromatic N) is 1. The standard InChI is InChI=1S/C20H17N3O5/c1-11-5-3-4-6-15(11)23-18(25)16(17(24)22-20(23)28)12(2)21-14-9-7-13(8-10-14)19(26)27/h3-10,16,21H,2H2,1H3,(H,26,27)(H,22,24,28)/p-1/t16-/m1/s1. The van der Waals surface area contributed by atoms with Gasteiger partial charge in [0.25, 0.3) is 5.91 Å². The van der Waals surface area contributed by atoms with Gasteiger partial charge in [-0.1, -0.05) is 36.9 Å². The summed E-state index contributed by atoms with van der Waals surface area (Å²) in [7, 11) is 0. The number of benzene rings is 2. The fourth-order valence-electron chi connectivity index (χ4n) is 2.87. The Labute approximate surface area is 160 Å². The lowest BCUT2D eigenvalue weighted by atomic mass is 9.99. The smallest absolute Gasteiger partial charge is 0.335 e. The number of para-hydroxylation sites is 1. The van der Waals surface area contributed by atoms with E-state index in [9.17, 15) is 24.3 Å². The molecule has 0 spiro atoms. The van der Waals surface area contributed by atoms with Gasteiger partial charge in [0.2, 0.25) is 5.91 Å². The van der Waals surface area contributed by atoms with Crippen LogP contribution in [0.5, 0.6) is 0 Å². The molecule has 2 aromatic carbocycles. The number of carbonyl (C=O) groups excluding carboxylic acids is 4. The highest BCUT2D eigenvalue weighted by Crippen LogP contribution is 2.27. The van der Waals surface area contributed by atoms with Crippen LogP contribution in [0.15, 0.2) is 60.8 Å². The van der Waals surface area contributed by atoms with E-state index in [0.717, 1.165) is 4.90 Å². The highest BCUT2D eigenvalue weighted by molar-refractivity contribution is 6.29. The lowest BCUT2D eigenvalue weighted by molar-refractivity contribution is -0.255. The number of urea groups is 1. The van der Waals surface area contributed by atoms with E-state index in [2.05, 4.69) is 17.2 Å². The Bertz CT molecular complexity index is 997. The number of imide groups is 2. The van der Waals surface area contributed by atoms with E-state index in [1.807, 2.05) is 0 Å². The van der Waals surface area contributed by atoms with Gasteiger partial charge in [0.1, 0.15) is 0 Å². The number of anilines is 2. The normalized spacial score (nSPS) is 16.5. The third-order valence-corrected chi connectivity index (χ3v) is 4.29. The first-order chi connectivity index (χ1) is 13.3. The number of hydrogen-bond donors (Lipinski definition) is 2. The van der Waals surface area contributed by atoms with Gasteiger partial charge < -0.3 is 15.2 Å². The monoisotopic (exact) mass is 378 g/mol. The Morgan fingerprint density at radius 3 is 2.36 bits per heavy atom. The number of rotatable bonds is 5. The second kappa shape index (κ2) is 7.36. The molecule has 0 aliphatic carbocycles. The van der Waals surface area contributed by atoms with Crippen molar-refractivity contribution < 1.29 is 24.3 Å². The summed E-state index contributed by atoms with van der Waals surface area (Å²) in [6.07, 6.45) is 0. The molecular formula is C20H16N3O5-. The van der Waals surface area contributed by atoms with Crippen LogP contribution in [0.2, 0.25) is 0 Å². The zero-order valence-electron chi connectivity index (χ0n) is 14.9. The molecule has 8 heteroatoms. The summed E-state index contributed by atoms with van der Waals surface area (Å²) < 4.78 is 0. The van der Waals surface area contributed by atoms with E-state index in [1.165, 1.54) is 24.3 Å². The van der Waals surface area contributed by atoms with Gasteiger partial charge in [-0.15, -0.1) is 0 Å². The zero-order chi connectivity index (χ0) is 20.4. The first-order valence-corrected chi connectivity index (χ1v) is 8.31. The molecule has 8 nitrogen and oxygen atoms in total. The average molecular weight is 378 g/mol. The van der Waals surface area contributed by atoms with Crippen LogP contribution in [0, 0.1) is 12.8 Å². The van der Waals surface area contributed by atoms with E-state index < -0.39 is 29.7 Å². The third kappa shape index (κ3) is 3.48. The number of aryl methyl sites for hydroxylation is 1. The molecule has 1 saturated heterocycles. The zero-order valence-corrected chi connectivity index (χ0v) is 14.9. The van der Waals surface area contributed by atoms with Crippen molar-refractivity contribution in [2.75, 3.05) is 10.2 Å². The lowest BCUT2D eigenvalue weighted by Gasteiger charge is -2.32. The molecule has 4 amide bonds. The van der Waals surface area contributed by atoms with Gasteiger partial charge in [0.05, 0.1) is 11.7 Å². The number of carboxylic acid groups (broad SMARTS) is 1. The predicted molar refractivity (Wildman–Crippen MR) is 99.2 cm³/mol. The van der Waals surface area contributed by atoms with Crippen LogP contribution < -0.4 is 20.6 Å². The van der Waals surface area contributed by atoms with E-state index in [-0.39, 0.29) is 11.3 Å². The molecule has 1 aliphatic heterocycles. The van der Waals surface area contributed by atoms with Gasteiger partial charge in [-0.25, -0.2) is 9.69 Å². The Morgan fingerprint density at radius 1 is 1.11 bits per heavy atom. The quantitative estimate of drug-likeness (QED) is 0.755. The molecule has 2 aromatic rings. The molecule has 28 heavy (non-hydrogen) atoms. The van der Waals surface area contributed by atoms with Crippen molar-refractivity contribution in [3.8, 4) is 0 Å². The fraction of sp³-hybridized carbons (Fsp3) is 0.100. The maximum atomic E-state index is 12.9. The van der Waals surface area contributed by atoms with Gasteiger partial charge in [0, 0.05) is 11.4 Å². The first-order valence-electron chi connectivity index (χ1n) is 8.31. The van der Waals surface area contributed by atoms with Gasteiger partial charge in [-0.2, -0.15) is 0 Å². The summed E-state index contributed by atoms with van der Waals surface area (Å²) in [6, 6.07) is 11.5. The van der Waals surface area contributed by atoms with E-state index in [0.29, 0.717) is 16.9 Å². The Morgan fingerprint density at radius 2 is 1.75 bits per heavy atom. The van der Waals surface area contributed by atoms with Crippen LogP contribution in [0.25, 0.3) is 0 Å². The number of carbonyl (C=O) groups is 4.